The maximum atomic E-state index is 10.1. The molecule has 0 aromatic heterocycles. The number of aryl methyl sites for hydroxylation is 1. The number of aliphatic hydroxyl groups is 1. The summed E-state index contributed by atoms with van der Waals surface area (Å²) in [6, 6.07) is 4.15. The molecule has 38 heavy (non-hydrogen) atoms. The Morgan fingerprint density at radius 1 is 1.29 bits per heavy atom. The largest absolute Gasteiger partial charge is 0.438 e. The van der Waals surface area contributed by atoms with Crippen molar-refractivity contribution in [2.24, 2.45) is 15.4 Å². The lowest BCUT2D eigenvalue weighted by Crippen LogP contribution is -2.53. The van der Waals surface area contributed by atoms with Crippen LogP contribution in [0.4, 0.5) is 11.4 Å². The molecular formula is C31H47N5O2. The molecule has 0 atom stereocenters. The summed E-state index contributed by atoms with van der Waals surface area (Å²) in [6.07, 6.45) is 5.64. The van der Waals surface area contributed by atoms with Gasteiger partial charge in [0, 0.05) is 42.4 Å². The van der Waals surface area contributed by atoms with E-state index in [1.807, 2.05) is 27.0 Å². The van der Waals surface area contributed by atoms with Crippen LogP contribution in [0.3, 0.4) is 0 Å². The fourth-order valence-corrected chi connectivity index (χ4v) is 4.76. The van der Waals surface area contributed by atoms with E-state index in [0.717, 1.165) is 46.9 Å². The molecule has 0 bridgehead atoms. The van der Waals surface area contributed by atoms with E-state index < -0.39 is 5.60 Å². The molecule has 0 unspecified atom stereocenters. The van der Waals surface area contributed by atoms with Crippen LogP contribution < -0.4 is 11.1 Å². The first-order valence-corrected chi connectivity index (χ1v) is 13.2. The van der Waals surface area contributed by atoms with Gasteiger partial charge in [-0.3, -0.25) is 4.99 Å². The number of rotatable bonds is 12. The molecule has 0 spiro atoms. The first-order chi connectivity index (χ1) is 17.7. The molecule has 7 nitrogen and oxygen atoms in total. The minimum Gasteiger partial charge on any atom is -0.438 e. The summed E-state index contributed by atoms with van der Waals surface area (Å²) < 4.78 is 5.89. The van der Waals surface area contributed by atoms with E-state index in [0.29, 0.717) is 22.6 Å². The number of hydrogen-bond acceptors (Lipinski definition) is 7. The van der Waals surface area contributed by atoms with Crippen molar-refractivity contribution in [3.05, 3.63) is 65.5 Å². The number of aliphatic imine (C=N–C) groups is 2. The second kappa shape index (κ2) is 12.5. The average molecular weight is 522 g/mol. The molecule has 1 aromatic rings. The number of nitrogens with one attached hydrogen (secondary N) is 1. The highest BCUT2D eigenvalue weighted by Gasteiger charge is 2.38. The zero-order valence-electron chi connectivity index (χ0n) is 24.8. The van der Waals surface area contributed by atoms with E-state index in [1.165, 1.54) is 19.1 Å². The van der Waals surface area contributed by atoms with Crippen LogP contribution in [0.1, 0.15) is 72.4 Å². The summed E-state index contributed by atoms with van der Waals surface area (Å²) in [5, 5.41) is 13.3. The van der Waals surface area contributed by atoms with E-state index >= 15 is 0 Å². The first kappa shape index (κ1) is 30.9. The van der Waals surface area contributed by atoms with Gasteiger partial charge in [-0.2, -0.15) is 0 Å². The minimum absolute atomic E-state index is 0.223. The minimum atomic E-state index is -1.12. The van der Waals surface area contributed by atoms with Gasteiger partial charge in [-0.05, 0) is 78.3 Å². The second-order valence-electron chi connectivity index (χ2n) is 11.0. The molecule has 7 heteroatoms. The third kappa shape index (κ3) is 7.60. The van der Waals surface area contributed by atoms with Crippen LogP contribution in [0.15, 0.2) is 64.4 Å². The van der Waals surface area contributed by atoms with Crippen molar-refractivity contribution < 1.29 is 9.84 Å². The summed E-state index contributed by atoms with van der Waals surface area (Å²) >= 11 is 0. The molecule has 2 rings (SSSR count). The molecule has 1 fully saturated rings. The summed E-state index contributed by atoms with van der Waals surface area (Å²) in [7, 11) is 1.88. The molecule has 1 aromatic carbocycles. The molecule has 0 saturated carbocycles. The normalized spacial score (nSPS) is 16.7. The number of benzene rings is 1. The third-order valence-electron chi connectivity index (χ3n) is 6.93. The molecule has 1 saturated heterocycles. The van der Waals surface area contributed by atoms with Crippen LogP contribution in [-0.4, -0.2) is 47.7 Å². The van der Waals surface area contributed by atoms with Gasteiger partial charge in [0.15, 0.2) is 0 Å². The van der Waals surface area contributed by atoms with Gasteiger partial charge in [-0.15, -0.1) is 0 Å². The van der Waals surface area contributed by atoms with Crippen LogP contribution in [0.25, 0.3) is 5.57 Å². The molecular weight excluding hydrogens is 474 g/mol. The van der Waals surface area contributed by atoms with E-state index in [-0.39, 0.29) is 5.88 Å². The number of anilines is 2. The van der Waals surface area contributed by atoms with E-state index in [4.69, 9.17) is 15.5 Å². The lowest BCUT2D eigenvalue weighted by Gasteiger charge is -2.50. The Morgan fingerprint density at radius 2 is 1.92 bits per heavy atom. The highest BCUT2D eigenvalue weighted by atomic mass is 16.5. The molecule has 1 aliphatic rings. The van der Waals surface area contributed by atoms with Crippen molar-refractivity contribution in [3.63, 3.8) is 0 Å². The van der Waals surface area contributed by atoms with Crippen molar-refractivity contribution in [2.45, 2.75) is 73.8 Å². The molecule has 0 amide bonds. The molecule has 0 radical (unpaired) electrons. The van der Waals surface area contributed by atoms with E-state index in [1.54, 1.807) is 19.9 Å². The van der Waals surface area contributed by atoms with E-state index in [2.05, 4.69) is 62.1 Å². The van der Waals surface area contributed by atoms with Crippen LogP contribution in [0.5, 0.6) is 0 Å². The summed E-state index contributed by atoms with van der Waals surface area (Å²) in [5.41, 5.74) is 12.6. The van der Waals surface area contributed by atoms with Crippen molar-refractivity contribution in [3.8, 4) is 0 Å². The maximum absolute atomic E-state index is 10.1. The summed E-state index contributed by atoms with van der Waals surface area (Å²) in [6.45, 7) is 25.7. The van der Waals surface area contributed by atoms with Crippen molar-refractivity contribution >= 4 is 28.9 Å². The van der Waals surface area contributed by atoms with Crippen molar-refractivity contribution in [2.75, 3.05) is 31.2 Å². The van der Waals surface area contributed by atoms with Gasteiger partial charge >= 0.3 is 0 Å². The Kier molecular flexibility index (Phi) is 10.2. The number of nitrogen functional groups attached to an aromatic ring is 1. The van der Waals surface area contributed by atoms with Gasteiger partial charge in [-0.25, -0.2) is 4.99 Å². The van der Waals surface area contributed by atoms with Gasteiger partial charge in [0.2, 0.25) is 5.88 Å². The Morgan fingerprint density at radius 3 is 2.45 bits per heavy atom. The highest BCUT2D eigenvalue weighted by molar-refractivity contribution is 6.25. The first-order valence-electron chi connectivity index (χ1n) is 13.2. The van der Waals surface area contributed by atoms with Gasteiger partial charge < -0.3 is 25.8 Å². The molecule has 208 valence electrons. The van der Waals surface area contributed by atoms with Gasteiger partial charge in [-0.1, -0.05) is 26.8 Å². The third-order valence-corrected chi connectivity index (χ3v) is 6.93. The Hall–Kier alpha value is -3.32. The lowest BCUT2D eigenvalue weighted by atomic mass is 9.77. The molecule has 1 aliphatic heterocycles. The number of nitrogens with zero attached hydrogens (tertiary/aromatic N) is 3. The Bertz CT molecular complexity index is 1180. The standard InChI is InChI=1S/C31H47N5O2/c1-12-14-31(10)18-36(19-31)22(5)28(26-15-20(3)16-27(33-11)29(26)32)21(4)35-24(7)38-25(13-2)17-34-23(6)30(8,9)37/h13,15-17,33,37H,6-7,12,14,18-19,32H2,1-5,8-11H3/b25-13+,28-22-,34-17?,35-21-. The topological polar surface area (TPSA) is 95.5 Å². The number of hydrogen-bond donors (Lipinski definition) is 3. The number of nitrogens with two attached hydrogens (primary N) is 1. The average Bonchev–Trinajstić information content (AvgIpc) is 2.81. The summed E-state index contributed by atoms with van der Waals surface area (Å²) in [5.74, 6) is 0.672. The predicted molar refractivity (Wildman–Crippen MR) is 163 cm³/mol. The second-order valence-corrected chi connectivity index (χ2v) is 11.0. The number of likely N-dealkylation sites (tertiary alicyclic amines) is 1. The SMILES string of the molecule is C=C(/N=C(C)\C(=C(/C)N1CC(C)(CCC)C1)c1cc(C)cc(NC)c1N)O/C(C=NC(=C)C(C)(C)O)=C/C. The van der Waals surface area contributed by atoms with Gasteiger partial charge in [0.05, 0.1) is 29.0 Å². The summed E-state index contributed by atoms with van der Waals surface area (Å²) in [4.78, 5) is 11.4. The van der Waals surface area contributed by atoms with E-state index in [9.17, 15) is 5.11 Å². The fourth-order valence-electron chi connectivity index (χ4n) is 4.76. The zero-order chi connectivity index (χ0) is 28.8. The van der Waals surface area contributed by atoms with Crippen LogP contribution in [-0.2, 0) is 4.74 Å². The fraction of sp³-hybridized carbons (Fsp3) is 0.484. The highest BCUT2D eigenvalue weighted by Crippen LogP contribution is 2.40. The maximum Gasteiger partial charge on any atom is 0.212 e. The van der Waals surface area contributed by atoms with Gasteiger partial charge in [0.25, 0.3) is 0 Å². The van der Waals surface area contributed by atoms with Crippen LogP contribution in [0.2, 0.25) is 0 Å². The Balaban J connectivity index is 2.47. The van der Waals surface area contributed by atoms with Crippen molar-refractivity contribution in [1.29, 1.82) is 0 Å². The molecule has 4 N–H and O–H groups in total. The molecule has 0 aliphatic carbocycles. The number of allylic oxidation sites excluding steroid dienone is 4. The zero-order valence-corrected chi connectivity index (χ0v) is 24.8. The quantitative estimate of drug-likeness (QED) is 0.162. The Labute approximate surface area is 229 Å². The van der Waals surface area contributed by atoms with Gasteiger partial charge in [0.1, 0.15) is 11.4 Å². The molecule has 1 heterocycles. The number of ether oxygens (including phenoxy) is 1. The van der Waals surface area contributed by atoms with Crippen molar-refractivity contribution in [1.82, 2.24) is 4.90 Å². The smallest absolute Gasteiger partial charge is 0.212 e. The monoisotopic (exact) mass is 521 g/mol. The lowest BCUT2D eigenvalue weighted by molar-refractivity contribution is 0.0388. The predicted octanol–water partition coefficient (Wildman–Crippen LogP) is 6.68. The van der Waals surface area contributed by atoms with Crippen LogP contribution >= 0.6 is 0 Å². The van der Waals surface area contributed by atoms with Crippen LogP contribution in [0, 0.1) is 12.3 Å².